The summed E-state index contributed by atoms with van der Waals surface area (Å²) in [6.07, 6.45) is 0.442. The Bertz CT molecular complexity index is 601. The molecule has 1 aromatic rings. The summed E-state index contributed by atoms with van der Waals surface area (Å²) in [6.45, 7) is 2.30. The van der Waals surface area contributed by atoms with Crippen molar-refractivity contribution in [2.75, 3.05) is 13.6 Å². The molecule has 1 heterocycles. The SMILES string of the molecule is CN1CCC(C)(C(=O)NC2CC(O)c3ccccc32)C1=O. The Morgan fingerprint density at radius 3 is 2.67 bits per heavy atom. The molecule has 21 heavy (non-hydrogen) atoms. The molecule has 0 aromatic heterocycles. The first-order valence-electron chi connectivity index (χ1n) is 7.27. The van der Waals surface area contributed by atoms with E-state index in [1.807, 2.05) is 24.3 Å². The molecule has 0 saturated carbocycles. The Morgan fingerprint density at radius 2 is 2.05 bits per heavy atom. The molecule has 3 unspecified atom stereocenters. The van der Waals surface area contributed by atoms with Gasteiger partial charge in [-0.05, 0) is 24.5 Å². The Kier molecular flexibility index (Phi) is 3.24. The predicted molar refractivity (Wildman–Crippen MR) is 77.3 cm³/mol. The largest absolute Gasteiger partial charge is 0.388 e. The summed E-state index contributed by atoms with van der Waals surface area (Å²) in [5, 5.41) is 13.0. The average molecular weight is 288 g/mol. The van der Waals surface area contributed by atoms with E-state index in [0.29, 0.717) is 19.4 Å². The van der Waals surface area contributed by atoms with Crippen molar-refractivity contribution in [3.8, 4) is 0 Å². The first-order valence-corrected chi connectivity index (χ1v) is 7.27. The van der Waals surface area contributed by atoms with Gasteiger partial charge in [0.2, 0.25) is 11.8 Å². The van der Waals surface area contributed by atoms with Crippen LogP contribution in [0.4, 0.5) is 0 Å². The van der Waals surface area contributed by atoms with Crippen LogP contribution in [0.25, 0.3) is 0 Å². The number of hydrogen-bond donors (Lipinski definition) is 2. The van der Waals surface area contributed by atoms with Crippen molar-refractivity contribution in [1.29, 1.82) is 0 Å². The van der Waals surface area contributed by atoms with Crippen molar-refractivity contribution in [3.63, 3.8) is 0 Å². The van der Waals surface area contributed by atoms with Crippen LogP contribution in [-0.4, -0.2) is 35.4 Å². The molecule has 3 atom stereocenters. The van der Waals surface area contributed by atoms with Crippen LogP contribution in [0.15, 0.2) is 24.3 Å². The van der Waals surface area contributed by atoms with Crippen molar-refractivity contribution < 1.29 is 14.7 Å². The van der Waals surface area contributed by atoms with Gasteiger partial charge in [-0.2, -0.15) is 0 Å². The van der Waals surface area contributed by atoms with Crippen LogP contribution in [0.1, 0.15) is 43.0 Å². The molecular formula is C16H20N2O3. The third kappa shape index (κ3) is 2.12. The van der Waals surface area contributed by atoms with E-state index in [1.165, 1.54) is 0 Å². The predicted octanol–water partition coefficient (Wildman–Crippen LogP) is 1.15. The monoisotopic (exact) mass is 288 g/mol. The number of aliphatic hydroxyl groups excluding tert-OH is 1. The third-order valence-electron chi connectivity index (χ3n) is 4.76. The summed E-state index contributed by atoms with van der Waals surface area (Å²) in [4.78, 5) is 26.3. The summed E-state index contributed by atoms with van der Waals surface area (Å²) in [5.74, 6) is -0.377. The molecule has 5 nitrogen and oxygen atoms in total. The molecule has 0 radical (unpaired) electrons. The molecule has 1 saturated heterocycles. The number of rotatable bonds is 2. The molecule has 1 aromatic carbocycles. The second-order valence-corrected chi connectivity index (χ2v) is 6.22. The van der Waals surface area contributed by atoms with Crippen molar-refractivity contribution in [1.82, 2.24) is 10.2 Å². The third-order valence-corrected chi connectivity index (χ3v) is 4.76. The summed E-state index contributed by atoms with van der Waals surface area (Å²) in [5.41, 5.74) is 0.820. The molecule has 1 aliphatic heterocycles. The number of hydrogen-bond acceptors (Lipinski definition) is 3. The summed E-state index contributed by atoms with van der Waals surface area (Å²) >= 11 is 0. The maximum absolute atomic E-state index is 12.6. The Morgan fingerprint density at radius 1 is 1.38 bits per heavy atom. The lowest BCUT2D eigenvalue weighted by Gasteiger charge is -2.24. The standard InChI is InChI=1S/C16H20N2O3/c1-16(7-8-18(2)15(16)21)14(20)17-12-9-13(19)11-6-4-3-5-10(11)12/h3-6,12-13,19H,7-9H2,1-2H3,(H,17,20). The number of likely N-dealkylation sites (tertiary alicyclic amines) is 1. The van der Waals surface area contributed by atoms with Crippen molar-refractivity contribution in [3.05, 3.63) is 35.4 Å². The zero-order valence-electron chi connectivity index (χ0n) is 12.3. The van der Waals surface area contributed by atoms with Crippen LogP contribution >= 0.6 is 0 Å². The Hall–Kier alpha value is -1.88. The van der Waals surface area contributed by atoms with E-state index in [9.17, 15) is 14.7 Å². The van der Waals surface area contributed by atoms with Crippen molar-refractivity contribution in [2.45, 2.75) is 31.9 Å². The lowest BCUT2D eigenvalue weighted by atomic mass is 9.87. The molecule has 2 amide bonds. The number of benzene rings is 1. The van der Waals surface area contributed by atoms with E-state index < -0.39 is 11.5 Å². The molecule has 112 valence electrons. The maximum Gasteiger partial charge on any atom is 0.237 e. The molecule has 5 heteroatoms. The smallest absolute Gasteiger partial charge is 0.237 e. The van der Waals surface area contributed by atoms with Gasteiger partial charge in [-0.25, -0.2) is 0 Å². The Labute approximate surface area is 123 Å². The number of carbonyl (C=O) groups excluding carboxylic acids is 2. The van der Waals surface area contributed by atoms with Crippen LogP contribution in [0.2, 0.25) is 0 Å². The molecule has 1 fully saturated rings. The summed E-state index contributed by atoms with van der Waals surface area (Å²) in [6, 6.07) is 7.35. The quantitative estimate of drug-likeness (QED) is 0.802. The number of nitrogens with one attached hydrogen (secondary N) is 1. The normalized spacial score (nSPS) is 31.4. The van der Waals surface area contributed by atoms with Gasteiger partial charge < -0.3 is 15.3 Å². The highest BCUT2D eigenvalue weighted by Gasteiger charge is 2.48. The van der Waals surface area contributed by atoms with Gasteiger partial charge in [-0.15, -0.1) is 0 Å². The van der Waals surface area contributed by atoms with E-state index in [2.05, 4.69) is 5.32 Å². The zero-order chi connectivity index (χ0) is 15.2. The van der Waals surface area contributed by atoms with E-state index in [-0.39, 0.29) is 17.9 Å². The van der Waals surface area contributed by atoms with Crippen molar-refractivity contribution in [2.24, 2.45) is 5.41 Å². The van der Waals surface area contributed by atoms with E-state index in [4.69, 9.17) is 0 Å². The van der Waals surface area contributed by atoms with E-state index in [0.717, 1.165) is 11.1 Å². The minimum absolute atomic E-state index is 0.133. The van der Waals surface area contributed by atoms with Gasteiger partial charge in [-0.1, -0.05) is 24.3 Å². The number of amides is 2. The number of carbonyl (C=O) groups is 2. The van der Waals surface area contributed by atoms with E-state index in [1.54, 1.807) is 18.9 Å². The minimum atomic E-state index is -0.989. The van der Waals surface area contributed by atoms with E-state index >= 15 is 0 Å². The average Bonchev–Trinajstić information content (AvgIpc) is 2.93. The molecule has 2 aliphatic rings. The fraction of sp³-hybridized carbons (Fsp3) is 0.500. The molecule has 3 rings (SSSR count). The first-order chi connectivity index (χ1) is 9.93. The van der Waals surface area contributed by atoms with Crippen molar-refractivity contribution >= 4 is 11.8 Å². The van der Waals surface area contributed by atoms with Crippen LogP contribution < -0.4 is 5.32 Å². The fourth-order valence-corrected chi connectivity index (χ4v) is 3.29. The van der Waals surface area contributed by atoms with Gasteiger partial charge in [0.15, 0.2) is 0 Å². The molecule has 0 spiro atoms. The highest BCUT2D eigenvalue weighted by molar-refractivity contribution is 6.06. The second kappa shape index (κ2) is 4.84. The van der Waals surface area contributed by atoms with Crippen LogP contribution in [-0.2, 0) is 9.59 Å². The first kappa shape index (κ1) is 14.1. The van der Waals surface area contributed by atoms with Crippen LogP contribution in [0, 0.1) is 5.41 Å². The van der Waals surface area contributed by atoms with Gasteiger partial charge in [0, 0.05) is 20.0 Å². The van der Waals surface area contributed by atoms with Gasteiger partial charge in [0.25, 0.3) is 0 Å². The number of fused-ring (bicyclic) bond motifs is 1. The van der Waals surface area contributed by atoms with Gasteiger partial charge in [0.05, 0.1) is 12.1 Å². The van der Waals surface area contributed by atoms with Crippen LogP contribution in [0.5, 0.6) is 0 Å². The van der Waals surface area contributed by atoms with Gasteiger partial charge in [0.1, 0.15) is 5.41 Å². The zero-order valence-corrected chi connectivity index (χ0v) is 12.3. The summed E-state index contributed by atoms with van der Waals surface area (Å²) < 4.78 is 0. The number of aliphatic hydroxyl groups is 1. The lowest BCUT2D eigenvalue weighted by molar-refractivity contribution is -0.144. The Balaban J connectivity index is 1.79. The lowest BCUT2D eigenvalue weighted by Crippen LogP contribution is -2.45. The molecule has 2 N–H and O–H groups in total. The second-order valence-electron chi connectivity index (χ2n) is 6.22. The highest BCUT2D eigenvalue weighted by atomic mass is 16.3. The highest BCUT2D eigenvalue weighted by Crippen LogP contribution is 2.39. The molecule has 0 bridgehead atoms. The fourth-order valence-electron chi connectivity index (χ4n) is 3.29. The minimum Gasteiger partial charge on any atom is -0.388 e. The maximum atomic E-state index is 12.6. The topological polar surface area (TPSA) is 69.6 Å². The molecular weight excluding hydrogens is 268 g/mol. The summed E-state index contributed by atoms with van der Waals surface area (Å²) in [7, 11) is 1.72. The number of nitrogens with zero attached hydrogens (tertiary/aromatic N) is 1. The van der Waals surface area contributed by atoms with Gasteiger partial charge in [-0.3, -0.25) is 9.59 Å². The van der Waals surface area contributed by atoms with Crippen LogP contribution in [0.3, 0.4) is 0 Å². The molecule has 1 aliphatic carbocycles. The van der Waals surface area contributed by atoms with Gasteiger partial charge >= 0.3 is 0 Å².